The molecule has 9 aromatic carbocycles. The van der Waals surface area contributed by atoms with Crippen molar-refractivity contribution < 1.29 is 37.1 Å². The van der Waals surface area contributed by atoms with E-state index >= 15 is 0 Å². The summed E-state index contributed by atoms with van der Waals surface area (Å²) in [6.45, 7) is 3.91. The molecule has 0 aliphatic carbocycles. The Balaban J connectivity index is 0.000000529. The summed E-state index contributed by atoms with van der Waals surface area (Å²) in [5.41, 5.74) is 13.6. The van der Waals surface area contributed by atoms with Gasteiger partial charge in [-0.3, -0.25) is 0 Å². The number of rotatable bonds is 5. The summed E-state index contributed by atoms with van der Waals surface area (Å²) >= 11 is 0. The number of hydrogen-bond donors (Lipinski definition) is 2. The maximum atomic E-state index is 3.41. The summed E-state index contributed by atoms with van der Waals surface area (Å²) in [5, 5.41) is 16.6. The molecule has 9 aromatic rings. The van der Waals surface area contributed by atoms with Crippen LogP contribution in [0.1, 0.15) is 19.9 Å². The van der Waals surface area contributed by atoms with Crippen LogP contribution in [0.4, 0.5) is 0 Å². The second-order valence-electron chi connectivity index (χ2n) is 15.4. The average Bonchev–Trinajstić information content (AvgIpc) is 3.31. The molecular weight excluding hydrogens is 827 g/mol. The van der Waals surface area contributed by atoms with Gasteiger partial charge < -0.3 is 10.6 Å². The molecule has 4 heteroatoms. The van der Waals surface area contributed by atoms with E-state index in [1.807, 2.05) is 6.20 Å². The minimum absolute atomic E-state index is 0. The van der Waals surface area contributed by atoms with Crippen molar-refractivity contribution in [3.8, 4) is 44.5 Å². The molecule has 0 saturated heterocycles. The van der Waals surface area contributed by atoms with Gasteiger partial charge in [0, 0.05) is 56.4 Å². The van der Waals surface area contributed by atoms with Gasteiger partial charge >= 0.3 is 0 Å². The van der Waals surface area contributed by atoms with Crippen molar-refractivity contribution in [2.75, 3.05) is 13.1 Å². The minimum Gasteiger partial charge on any atom is -0.387 e. The fourth-order valence-electron chi connectivity index (χ4n) is 8.61. The molecule has 0 unspecified atom stereocenters. The Kier molecular flexibility index (Phi) is 13.9. The second-order valence-corrected chi connectivity index (χ2v) is 15.4. The fraction of sp³-hybridized carbons (Fsp3) is 0.0690. The normalized spacial score (nSPS) is 12.7. The predicted molar refractivity (Wildman–Crippen MR) is 261 cm³/mol. The van der Waals surface area contributed by atoms with Crippen LogP contribution in [0.15, 0.2) is 218 Å². The number of hydrogen-bond acceptors (Lipinski definition) is 2. The first-order valence-corrected chi connectivity index (χ1v) is 20.5. The van der Waals surface area contributed by atoms with Gasteiger partial charge in [-0.15, -0.1) is 0 Å². The third-order valence-corrected chi connectivity index (χ3v) is 11.6. The maximum Gasteiger partial charge on any atom is 0.0328 e. The standard InChI is InChI=1S/C51H35N.C6H9N.CH4.2V/c1-3-10-40-30-42(25-19-34(40)8-1)36-15-21-38(22-16-36)50-46-13-5-6-14-47(46)51(49-32-44(27-28-48(49)50)45-12-7-29-52-33-45)39-23-17-37(18-24-39)43-26-20-35-9-2-4-11-41(35)31-43;1-6-3-2-4-7-5-6;;;/h1-28,30-33,52H,29H2;2-3,5,7H,4H2,1H3;1H4;;. The molecule has 2 N–H and O–H groups in total. The van der Waals surface area contributed by atoms with Crippen LogP contribution in [0.3, 0.4) is 0 Å². The molecule has 0 fully saturated rings. The number of fused-ring (bicyclic) bond motifs is 4. The Labute approximate surface area is 389 Å². The van der Waals surface area contributed by atoms with Gasteiger partial charge in [-0.2, -0.15) is 0 Å². The quantitative estimate of drug-likeness (QED) is 0.168. The first-order chi connectivity index (χ1) is 29.2. The van der Waals surface area contributed by atoms with E-state index in [2.05, 4.69) is 224 Å². The molecule has 0 amide bonds. The van der Waals surface area contributed by atoms with Gasteiger partial charge in [0.05, 0.1) is 0 Å². The molecule has 11 rings (SSSR count). The zero-order valence-electron chi connectivity index (χ0n) is 34.0. The van der Waals surface area contributed by atoms with E-state index in [4.69, 9.17) is 0 Å². The Morgan fingerprint density at radius 3 is 1.24 bits per heavy atom. The number of dihydropyridines is 2. The summed E-state index contributed by atoms with van der Waals surface area (Å²) in [6.07, 6.45) is 12.8. The fourth-order valence-corrected chi connectivity index (χ4v) is 8.61. The molecule has 0 spiro atoms. The first kappa shape index (κ1) is 43.8. The van der Waals surface area contributed by atoms with Crippen LogP contribution in [0.5, 0.6) is 0 Å². The molecule has 0 saturated carbocycles. The third kappa shape index (κ3) is 8.88. The topological polar surface area (TPSA) is 24.1 Å². The molecule has 2 radical (unpaired) electrons. The van der Waals surface area contributed by atoms with E-state index < -0.39 is 0 Å². The average molecular weight is 875 g/mol. The number of nitrogens with one attached hydrogen (secondary N) is 2. The van der Waals surface area contributed by atoms with Gasteiger partial charge in [-0.1, -0.05) is 189 Å². The SMILES string of the molecule is C.C1=CC(c2ccc3c(-c4ccc(-c5ccc6ccccc6c5)cc4)c4ccccc4c(-c4ccc(-c5ccc6ccccc6c5)cc4)c3c2)=CNC1.CC1=CNCC=C1.[V].[V]. The molecule has 300 valence electrons. The predicted octanol–water partition coefficient (Wildman–Crippen LogP) is 15.1. The van der Waals surface area contributed by atoms with Gasteiger partial charge in [0.25, 0.3) is 0 Å². The van der Waals surface area contributed by atoms with Crippen molar-refractivity contribution in [3.05, 3.63) is 224 Å². The van der Waals surface area contributed by atoms with Crippen molar-refractivity contribution in [2.45, 2.75) is 14.4 Å². The molecule has 0 aromatic heterocycles. The van der Waals surface area contributed by atoms with Gasteiger partial charge in [-0.25, -0.2) is 0 Å². The van der Waals surface area contributed by atoms with Crippen LogP contribution in [-0.2, 0) is 37.1 Å². The molecule has 2 aliphatic heterocycles. The van der Waals surface area contributed by atoms with Crippen LogP contribution in [0.25, 0.3) is 93.2 Å². The zero-order valence-corrected chi connectivity index (χ0v) is 36.8. The Hall–Kier alpha value is -6.25. The van der Waals surface area contributed by atoms with Crippen LogP contribution >= 0.6 is 0 Å². The van der Waals surface area contributed by atoms with E-state index in [9.17, 15) is 0 Å². The summed E-state index contributed by atoms with van der Waals surface area (Å²) in [7, 11) is 0. The van der Waals surface area contributed by atoms with Gasteiger partial charge in [0.2, 0.25) is 0 Å². The van der Waals surface area contributed by atoms with E-state index in [0.29, 0.717) is 0 Å². The van der Waals surface area contributed by atoms with Crippen LogP contribution in [0, 0.1) is 0 Å². The van der Waals surface area contributed by atoms with Gasteiger partial charge in [-0.05, 0) is 136 Å². The number of allylic oxidation sites excluding steroid dienone is 4. The summed E-state index contributed by atoms with van der Waals surface area (Å²) in [6, 6.07) is 64.9. The summed E-state index contributed by atoms with van der Waals surface area (Å²) in [5.74, 6) is 0. The van der Waals surface area contributed by atoms with Gasteiger partial charge in [0.1, 0.15) is 0 Å². The van der Waals surface area contributed by atoms with Crippen molar-refractivity contribution in [1.82, 2.24) is 10.6 Å². The van der Waals surface area contributed by atoms with Crippen molar-refractivity contribution in [3.63, 3.8) is 0 Å². The Morgan fingerprint density at radius 2 is 0.774 bits per heavy atom. The van der Waals surface area contributed by atoms with Crippen molar-refractivity contribution >= 4 is 48.7 Å². The Morgan fingerprint density at radius 1 is 0.355 bits per heavy atom. The van der Waals surface area contributed by atoms with Crippen LogP contribution in [-0.4, -0.2) is 13.1 Å². The third-order valence-electron chi connectivity index (χ3n) is 11.6. The molecule has 0 atom stereocenters. The number of benzene rings is 9. The van der Waals surface area contributed by atoms with E-state index in [-0.39, 0.29) is 44.5 Å². The van der Waals surface area contributed by atoms with Crippen molar-refractivity contribution in [1.29, 1.82) is 0 Å². The minimum atomic E-state index is 0. The molecule has 0 bridgehead atoms. The first-order valence-electron chi connectivity index (χ1n) is 20.5. The van der Waals surface area contributed by atoms with Crippen molar-refractivity contribution in [2.24, 2.45) is 0 Å². The largest absolute Gasteiger partial charge is 0.387 e. The Bertz CT molecular complexity index is 3150. The van der Waals surface area contributed by atoms with Gasteiger partial charge in [0.15, 0.2) is 0 Å². The second kappa shape index (κ2) is 19.6. The summed E-state index contributed by atoms with van der Waals surface area (Å²) < 4.78 is 0. The molecule has 62 heavy (non-hydrogen) atoms. The van der Waals surface area contributed by atoms with E-state index in [1.54, 1.807) is 0 Å². The molecule has 2 aliphatic rings. The smallest absolute Gasteiger partial charge is 0.0328 e. The van der Waals surface area contributed by atoms with Crippen LogP contribution in [0.2, 0.25) is 0 Å². The zero-order chi connectivity index (χ0) is 39.5. The summed E-state index contributed by atoms with van der Waals surface area (Å²) in [4.78, 5) is 0. The molecule has 2 heterocycles. The maximum absolute atomic E-state index is 3.41. The molecular formula is C58H48N2V2. The molecule has 2 nitrogen and oxygen atoms in total. The monoisotopic (exact) mass is 874 g/mol. The van der Waals surface area contributed by atoms with E-state index in [0.717, 1.165) is 13.1 Å². The van der Waals surface area contributed by atoms with E-state index in [1.165, 1.54) is 104 Å². The van der Waals surface area contributed by atoms with Crippen LogP contribution < -0.4 is 10.6 Å².